The third kappa shape index (κ3) is 3.00. The molecule has 1 aromatic carbocycles. The van der Waals surface area contributed by atoms with Crippen molar-refractivity contribution in [3.63, 3.8) is 0 Å². The number of carbonyl (C=O) groups excluding carboxylic acids is 2. The van der Waals surface area contributed by atoms with Gasteiger partial charge in [0.1, 0.15) is 11.6 Å². The number of benzene rings is 1. The van der Waals surface area contributed by atoms with Gasteiger partial charge in [0, 0.05) is 31.5 Å². The summed E-state index contributed by atoms with van der Waals surface area (Å²) in [5.74, 6) is -0.283. The van der Waals surface area contributed by atoms with Gasteiger partial charge in [-0.25, -0.2) is 4.39 Å². The molecule has 0 aliphatic heterocycles. The molecule has 102 valence electrons. The van der Waals surface area contributed by atoms with Crippen LogP contribution in [0.4, 0.5) is 4.39 Å². The number of amides is 1. The summed E-state index contributed by atoms with van der Waals surface area (Å²) in [7, 11) is 1.72. The van der Waals surface area contributed by atoms with Crippen LogP contribution >= 0.6 is 0 Å². The largest absolute Gasteiger partial charge is 0.339 e. The molecule has 0 heterocycles. The molecular formula is C15H18FNO2. The molecule has 0 aromatic heterocycles. The molecule has 0 unspecified atom stereocenters. The van der Waals surface area contributed by atoms with E-state index in [0.717, 1.165) is 0 Å². The van der Waals surface area contributed by atoms with E-state index in [9.17, 15) is 14.0 Å². The Morgan fingerprint density at radius 1 is 1.32 bits per heavy atom. The lowest BCUT2D eigenvalue weighted by molar-refractivity contribution is -0.121. The van der Waals surface area contributed by atoms with Gasteiger partial charge in [0.15, 0.2) is 0 Å². The number of halogens is 1. The highest BCUT2D eigenvalue weighted by Gasteiger charge is 2.26. The molecule has 1 aliphatic rings. The maximum Gasteiger partial charge on any atom is 0.253 e. The predicted octanol–water partition coefficient (Wildman–Crippen LogP) is 2.72. The minimum absolute atomic E-state index is 0.0783. The van der Waals surface area contributed by atoms with Crippen LogP contribution in [-0.2, 0) is 4.79 Å². The van der Waals surface area contributed by atoms with Crippen molar-refractivity contribution in [1.82, 2.24) is 4.90 Å². The van der Waals surface area contributed by atoms with E-state index in [1.54, 1.807) is 31.0 Å². The monoisotopic (exact) mass is 263 g/mol. The summed E-state index contributed by atoms with van der Waals surface area (Å²) in [6, 6.07) is 4.61. The zero-order chi connectivity index (χ0) is 14.0. The maximum absolute atomic E-state index is 13.5. The first-order valence-corrected chi connectivity index (χ1v) is 6.54. The standard InChI is InChI=1S/C15H18FNO2/c1-10-3-4-11(9-14(10)16)15(19)17(2)12-5-7-13(18)8-6-12/h3-4,9,12H,5-8H2,1-2H3. The number of aryl methyl sites for hydroxylation is 1. The summed E-state index contributed by atoms with van der Waals surface area (Å²) in [5.41, 5.74) is 0.893. The molecule has 0 N–H and O–H groups in total. The molecule has 1 amide bonds. The number of hydrogen-bond acceptors (Lipinski definition) is 2. The first kappa shape index (κ1) is 13.7. The number of nitrogens with zero attached hydrogens (tertiary/aromatic N) is 1. The average molecular weight is 263 g/mol. The second-order valence-corrected chi connectivity index (χ2v) is 5.15. The van der Waals surface area contributed by atoms with E-state index in [-0.39, 0.29) is 23.5 Å². The van der Waals surface area contributed by atoms with E-state index >= 15 is 0 Å². The van der Waals surface area contributed by atoms with Gasteiger partial charge in [0.25, 0.3) is 5.91 Å². The van der Waals surface area contributed by atoms with Crippen LogP contribution in [0.3, 0.4) is 0 Å². The molecule has 0 radical (unpaired) electrons. The molecule has 1 fully saturated rings. The number of carbonyl (C=O) groups is 2. The summed E-state index contributed by atoms with van der Waals surface area (Å²) in [6.45, 7) is 1.67. The molecule has 1 aromatic rings. The lowest BCUT2D eigenvalue weighted by Gasteiger charge is -2.30. The lowest BCUT2D eigenvalue weighted by Crippen LogP contribution is -2.39. The Kier molecular flexibility index (Phi) is 3.98. The molecular weight excluding hydrogens is 245 g/mol. The fourth-order valence-electron chi connectivity index (χ4n) is 2.41. The maximum atomic E-state index is 13.5. The first-order valence-electron chi connectivity index (χ1n) is 6.54. The molecule has 4 heteroatoms. The van der Waals surface area contributed by atoms with Crippen LogP contribution in [0, 0.1) is 12.7 Å². The third-order valence-corrected chi connectivity index (χ3v) is 3.80. The minimum Gasteiger partial charge on any atom is -0.339 e. The summed E-state index contributed by atoms with van der Waals surface area (Å²) in [4.78, 5) is 25.1. The van der Waals surface area contributed by atoms with Crippen LogP contribution in [0.5, 0.6) is 0 Å². The number of rotatable bonds is 2. The van der Waals surface area contributed by atoms with Gasteiger partial charge in [-0.2, -0.15) is 0 Å². The Balaban J connectivity index is 2.10. The normalized spacial score (nSPS) is 16.5. The van der Waals surface area contributed by atoms with E-state index in [4.69, 9.17) is 0 Å². The van der Waals surface area contributed by atoms with Gasteiger partial charge in [-0.1, -0.05) is 6.07 Å². The molecule has 2 rings (SSSR count). The van der Waals surface area contributed by atoms with E-state index in [1.165, 1.54) is 6.07 Å². The summed E-state index contributed by atoms with van der Waals surface area (Å²) >= 11 is 0. The fraction of sp³-hybridized carbons (Fsp3) is 0.467. The van der Waals surface area contributed by atoms with E-state index in [0.29, 0.717) is 36.8 Å². The molecule has 0 bridgehead atoms. The van der Waals surface area contributed by atoms with Crippen molar-refractivity contribution < 1.29 is 14.0 Å². The van der Waals surface area contributed by atoms with Crippen LogP contribution in [0.15, 0.2) is 18.2 Å². The highest BCUT2D eigenvalue weighted by molar-refractivity contribution is 5.94. The topological polar surface area (TPSA) is 37.4 Å². The molecule has 0 saturated heterocycles. The van der Waals surface area contributed by atoms with Gasteiger partial charge in [-0.3, -0.25) is 9.59 Å². The van der Waals surface area contributed by atoms with Crippen molar-refractivity contribution in [3.8, 4) is 0 Å². The quantitative estimate of drug-likeness (QED) is 0.822. The minimum atomic E-state index is -0.363. The molecule has 0 spiro atoms. The van der Waals surface area contributed by atoms with Gasteiger partial charge in [0.05, 0.1) is 0 Å². The Morgan fingerprint density at radius 2 is 1.95 bits per heavy atom. The van der Waals surface area contributed by atoms with Gasteiger partial charge < -0.3 is 4.90 Å². The molecule has 3 nitrogen and oxygen atoms in total. The van der Waals surface area contributed by atoms with Crippen LogP contribution in [0.1, 0.15) is 41.6 Å². The van der Waals surface area contributed by atoms with Crippen molar-refractivity contribution in [2.45, 2.75) is 38.6 Å². The van der Waals surface area contributed by atoms with Crippen LogP contribution in [-0.4, -0.2) is 29.7 Å². The average Bonchev–Trinajstić information content (AvgIpc) is 2.41. The Labute approximate surface area is 112 Å². The van der Waals surface area contributed by atoms with Crippen LogP contribution in [0.25, 0.3) is 0 Å². The van der Waals surface area contributed by atoms with Gasteiger partial charge in [-0.15, -0.1) is 0 Å². The summed E-state index contributed by atoms with van der Waals surface area (Å²) < 4.78 is 13.5. The Hall–Kier alpha value is -1.71. The third-order valence-electron chi connectivity index (χ3n) is 3.80. The fourth-order valence-corrected chi connectivity index (χ4v) is 2.41. The number of hydrogen-bond donors (Lipinski definition) is 0. The van der Waals surface area contributed by atoms with Gasteiger partial charge in [0.2, 0.25) is 0 Å². The van der Waals surface area contributed by atoms with Gasteiger partial charge in [-0.05, 0) is 37.5 Å². The van der Waals surface area contributed by atoms with Crippen molar-refractivity contribution in [2.75, 3.05) is 7.05 Å². The van der Waals surface area contributed by atoms with E-state index in [1.807, 2.05) is 0 Å². The molecule has 19 heavy (non-hydrogen) atoms. The highest BCUT2D eigenvalue weighted by atomic mass is 19.1. The second-order valence-electron chi connectivity index (χ2n) is 5.15. The van der Waals surface area contributed by atoms with Crippen molar-refractivity contribution >= 4 is 11.7 Å². The van der Waals surface area contributed by atoms with Crippen molar-refractivity contribution in [1.29, 1.82) is 0 Å². The number of Topliss-reactive ketones (excluding diaryl/α,β-unsaturated/α-hetero) is 1. The summed E-state index contributed by atoms with van der Waals surface area (Å²) in [5, 5.41) is 0. The molecule has 0 atom stereocenters. The van der Waals surface area contributed by atoms with Crippen LogP contribution in [0.2, 0.25) is 0 Å². The summed E-state index contributed by atoms with van der Waals surface area (Å²) in [6.07, 6.45) is 2.47. The van der Waals surface area contributed by atoms with E-state index < -0.39 is 0 Å². The van der Waals surface area contributed by atoms with Crippen LogP contribution < -0.4 is 0 Å². The molecule has 1 aliphatic carbocycles. The molecule has 1 saturated carbocycles. The first-order chi connectivity index (χ1) is 8.99. The van der Waals surface area contributed by atoms with E-state index in [2.05, 4.69) is 0 Å². The zero-order valence-corrected chi connectivity index (χ0v) is 11.3. The zero-order valence-electron chi connectivity index (χ0n) is 11.3. The number of ketones is 1. The smallest absolute Gasteiger partial charge is 0.253 e. The van der Waals surface area contributed by atoms with Crippen molar-refractivity contribution in [2.24, 2.45) is 0 Å². The Morgan fingerprint density at radius 3 is 2.53 bits per heavy atom. The lowest BCUT2D eigenvalue weighted by atomic mass is 9.93. The predicted molar refractivity (Wildman–Crippen MR) is 70.5 cm³/mol. The second kappa shape index (κ2) is 5.51. The van der Waals surface area contributed by atoms with Gasteiger partial charge >= 0.3 is 0 Å². The van der Waals surface area contributed by atoms with Crippen molar-refractivity contribution in [3.05, 3.63) is 35.1 Å². The SMILES string of the molecule is Cc1ccc(C(=O)N(C)C2CCC(=O)CC2)cc1F. The Bertz CT molecular complexity index is 503. The highest BCUT2D eigenvalue weighted by Crippen LogP contribution is 2.21.